The number of carbonyl (C=O) groups is 2. The first-order chi connectivity index (χ1) is 18.1. The molecule has 6 nitrogen and oxygen atoms in total. The number of anilines is 1. The van der Waals surface area contributed by atoms with E-state index in [1.54, 1.807) is 22.9 Å². The second-order valence-electron chi connectivity index (χ2n) is 9.23. The Labute approximate surface area is 218 Å². The zero-order chi connectivity index (χ0) is 25.4. The van der Waals surface area contributed by atoms with E-state index in [0.717, 1.165) is 29.7 Å². The fourth-order valence-electron chi connectivity index (χ4n) is 4.66. The summed E-state index contributed by atoms with van der Waals surface area (Å²) in [5, 5.41) is 7.50. The van der Waals surface area contributed by atoms with E-state index in [9.17, 15) is 9.59 Å². The molecule has 37 heavy (non-hydrogen) atoms. The number of nitrogens with one attached hydrogen (secondary N) is 1. The van der Waals surface area contributed by atoms with E-state index in [0.29, 0.717) is 17.1 Å². The molecule has 1 N–H and O–H groups in total. The van der Waals surface area contributed by atoms with Crippen LogP contribution >= 0.6 is 11.8 Å². The fourth-order valence-corrected chi connectivity index (χ4v) is 5.88. The molecule has 0 radical (unpaired) electrons. The number of benzene rings is 3. The quantitative estimate of drug-likeness (QED) is 0.389. The molecule has 4 aromatic rings. The Kier molecular flexibility index (Phi) is 6.26. The van der Waals surface area contributed by atoms with Crippen LogP contribution in [0.5, 0.6) is 0 Å². The lowest BCUT2D eigenvalue weighted by molar-refractivity contribution is -0.123. The summed E-state index contributed by atoms with van der Waals surface area (Å²) in [5.74, 6) is -0.164. The number of carbonyl (C=O) groups excluding carboxylic acids is 2. The lowest BCUT2D eigenvalue weighted by Crippen LogP contribution is -2.43. The van der Waals surface area contributed by atoms with Crippen LogP contribution in [0.4, 0.5) is 10.2 Å². The van der Waals surface area contributed by atoms with E-state index in [1.165, 1.54) is 22.7 Å². The van der Waals surface area contributed by atoms with Gasteiger partial charge in [0.25, 0.3) is 0 Å². The van der Waals surface area contributed by atoms with Crippen molar-refractivity contribution in [2.75, 3.05) is 17.2 Å². The van der Waals surface area contributed by atoms with Gasteiger partial charge in [-0.3, -0.25) is 14.5 Å². The minimum atomic E-state index is -0.496. The molecule has 1 atom stereocenters. The van der Waals surface area contributed by atoms with Gasteiger partial charge in [0.2, 0.25) is 11.8 Å². The fraction of sp³-hybridized carbons (Fsp3) is 0.207. The first kappa shape index (κ1) is 23.5. The van der Waals surface area contributed by atoms with Gasteiger partial charge in [-0.25, -0.2) is 9.07 Å². The van der Waals surface area contributed by atoms with Crippen molar-refractivity contribution in [2.45, 2.75) is 24.1 Å². The molecule has 2 aliphatic rings. The van der Waals surface area contributed by atoms with Gasteiger partial charge in [-0.1, -0.05) is 66.7 Å². The highest BCUT2D eigenvalue weighted by Gasteiger charge is 2.38. The number of aromatic nitrogens is 2. The number of hydrogen-bond donors (Lipinski definition) is 1. The largest absolute Gasteiger partial charge is 0.352 e. The van der Waals surface area contributed by atoms with E-state index in [4.69, 9.17) is 5.10 Å². The molecule has 2 heterocycles. The van der Waals surface area contributed by atoms with Crippen molar-refractivity contribution in [1.29, 1.82) is 0 Å². The van der Waals surface area contributed by atoms with Gasteiger partial charge in [0.15, 0.2) is 0 Å². The molecular weight excluding hydrogens is 487 g/mol. The molecule has 0 spiro atoms. The standard InChI is InChI=1S/C29H25FN4O2S/c30-23-14-8-7-13-22(23)28-26-27(19-9-3-1-4-10-19)32-34(21-11-5-2-6-12-21)29(26)33(25(36)18-37-28)17-24(35)31-20-15-16-20/h1-14,20,28H,15-18H2,(H,31,35). The van der Waals surface area contributed by atoms with Crippen molar-refractivity contribution in [3.8, 4) is 16.9 Å². The second-order valence-corrected chi connectivity index (χ2v) is 10.3. The molecule has 6 rings (SSSR count). The van der Waals surface area contributed by atoms with Crippen LogP contribution in [-0.2, 0) is 9.59 Å². The van der Waals surface area contributed by atoms with Crippen LogP contribution in [0.15, 0.2) is 84.9 Å². The lowest BCUT2D eigenvalue weighted by atomic mass is 9.99. The molecule has 1 unspecified atom stereocenters. The molecule has 1 fully saturated rings. The van der Waals surface area contributed by atoms with Crippen molar-refractivity contribution in [3.63, 3.8) is 0 Å². The number of thioether (sulfide) groups is 1. The zero-order valence-corrected chi connectivity index (χ0v) is 20.8. The molecule has 1 saturated carbocycles. The van der Waals surface area contributed by atoms with Crippen molar-refractivity contribution in [2.24, 2.45) is 0 Å². The molecular formula is C29H25FN4O2S. The minimum Gasteiger partial charge on any atom is -0.352 e. The highest BCUT2D eigenvalue weighted by molar-refractivity contribution is 8.00. The van der Waals surface area contributed by atoms with Crippen LogP contribution in [0.25, 0.3) is 16.9 Å². The van der Waals surface area contributed by atoms with Crippen LogP contribution in [0.3, 0.4) is 0 Å². The Hall–Kier alpha value is -3.91. The molecule has 2 amide bonds. The Balaban J connectivity index is 1.61. The van der Waals surface area contributed by atoms with Gasteiger partial charge >= 0.3 is 0 Å². The van der Waals surface area contributed by atoms with Crippen molar-refractivity contribution in [3.05, 3.63) is 102 Å². The highest BCUT2D eigenvalue weighted by Crippen LogP contribution is 2.49. The molecule has 3 aromatic carbocycles. The summed E-state index contributed by atoms with van der Waals surface area (Å²) in [6.45, 7) is -0.125. The molecule has 0 bridgehead atoms. The van der Waals surface area contributed by atoms with Gasteiger partial charge < -0.3 is 5.32 Å². The molecule has 1 aromatic heterocycles. The number of hydrogen-bond acceptors (Lipinski definition) is 4. The van der Waals surface area contributed by atoms with Crippen molar-refractivity contribution < 1.29 is 14.0 Å². The number of nitrogens with zero attached hydrogens (tertiary/aromatic N) is 3. The van der Waals surface area contributed by atoms with E-state index in [-0.39, 0.29) is 36.0 Å². The average Bonchev–Trinajstić information content (AvgIpc) is 3.67. The molecule has 1 aliphatic carbocycles. The maximum Gasteiger partial charge on any atom is 0.240 e. The third-order valence-corrected chi connectivity index (χ3v) is 7.81. The van der Waals surface area contributed by atoms with Gasteiger partial charge in [0, 0.05) is 22.7 Å². The highest BCUT2D eigenvalue weighted by atomic mass is 32.2. The predicted octanol–water partition coefficient (Wildman–Crippen LogP) is 5.13. The number of rotatable bonds is 6. The SMILES string of the molecule is O=C(CN1C(=O)CSC(c2ccccc2F)c2c(-c3ccccc3)nn(-c3ccccc3)c21)NC1CC1. The van der Waals surface area contributed by atoms with Gasteiger partial charge in [0.05, 0.1) is 22.4 Å². The summed E-state index contributed by atoms with van der Waals surface area (Å²) in [6, 6.07) is 26.1. The summed E-state index contributed by atoms with van der Waals surface area (Å²) >= 11 is 1.36. The summed E-state index contributed by atoms with van der Waals surface area (Å²) in [6.07, 6.45) is 1.91. The zero-order valence-electron chi connectivity index (χ0n) is 20.0. The Bertz CT molecular complexity index is 1450. The van der Waals surface area contributed by atoms with E-state index in [2.05, 4.69) is 5.32 Å². The van der Waals surface area contributed by atoms with Crippen LogP contribution in [0, 0.1) is 5.82 Å². The van der Waals surface area contributed by atoms with Gasteiger partial charge in [-0.15, -0.1) is 11.8 Å². The minimum absolute atomic E-state index is 0.105. The van der Waals surface area contributed by atoms with Gasteiger partial charge in [-0.05, 0) is 31.0 Å². The number of amides is 2. The van der Waals surface area contributed by atoms with Crippen LogP contribution in [-0.4, -0.2) is 39.9 Å². The van der Waals surface area contributed by atoms with E-state index in [1.807, 2.05) is 60.7 Å². The van der Waals surface area contributed by atoms with E-state index >= 15 is 4.39 Å². The van der Waals surface area contributed by atoms with Gasteiger partial charge in [-0.2, -0.15) is 5.10 Å². The maximum atomic E-state index is 15.2. The Morgan fingerprint density at radius 2 is 1.65 bits per heavy atom. The first-order valence-corrected chi connectivity index (χ1v) is 13.3. The summed E-state index contributed by atoms with van der Waals surface area (Å²) in [4.78, 5) is 28.1. The second kappa shape index (κ2) is 9.86. The van der Waals surface area contributed by atoms with Crippen molar-refractivity contribution >= 4 is 29.4 Å². The number of halogens is 1. The summed E-state index contributed by atoms with van der Waals surface area (Å²) < 4.78 is 16.9. The van der Waals surface area contributed by atoms with Crippen LogP contribution in [0.1, 0.15) is 29.2 Å². The molecule has 8 heteroatoms. The topological polar surface area (TPSA) is 67.2 Å². The first-order valence-electron chi connectivity index (χ1n) is 12.3. The maximum absolute atomic E-state index is 15.2. The molecule has 0 saturated heterocycles. The Morgan fingerprint density at radius 1 is 0.973 bits per heavy atom. The molecule has 1 aliphatic heterocycles. The lowest BCUT2D eigenvalue weighted by Gasteiger charge is -2.23. The number of fused-ring (bicyclic) bond motifs is 1. The van der Waals surface area contributed by atoms with Crippen molar-refractivity contribution in [1.82, 2.24) is 15.1 Å². The van der Waals surface area contributed by atoms with E-state index < -0.39 is 5.25 Å². The summed E-state index contributed by atoms with van der Waals surface area (Å²) in [7, 11) is 0. The van der Waals surface area contributed by atoms with Gasteiger partial charge in [0.1, 0.15) is 18.2 Å². The smallest absolute Gasteiger partial charge is 0.240 e. The monoisotopic (exact) mass is 512 g/mol. The average molecular weight is 513 g/mol. The molecule has 186 valence electrons. The third-order valence-electron chi connectivity index (χ3n) is 6.57. The van der Waals surface area contributed by atoms with Crippen LogP contribution in [0.2, 0.25) is 0 Å². The summed E-state index contributed by atoms with van der Waals surface area (Å²) in [5.41, 5.74) is 3.46. The third kappa shape index (κ3) is 4.64. The Morgan fingerprint density at radius 3 is 2.35 bits per heavy atom. The normalized spacial score (nSPS) is 17.3. The predicted molar refractivity (Wildman–Crippen MR) is 143 cm³/mol. The van der Waals surface area contributed by atoms with Crippen LogP contribution < -0.4 is 10.2 Å². The number of para-hydroxylation sites is 1.